The smallest absolute Gasteiger partial charge is 0.139 e. The van der Waals surface area contributed by atoms with E-state index >= 15 is 0 Å². The largest absolute Gasteiger partial charge is 0.367 e. The SMILES string of the molecule is CC[C@H]1O[C@@H](c2ccc(C#N)n2N)[C@](C)(OCc2ccccc2)[C@@H]1C. The molecule has 1 aromatic heterocycles. The fourth-order valence-electron chi connectivity index (χ4n) is 3.64. The molecule has 0 aliphatic carbocycles. The van der Waals surface area contributed by atoms with E-state index in [2.05, 4.69) is 39.0 Å². The second-order valence-corrected chi connectivity index (χ2v) is 6.83. The second-order valence-electron chi connectivity index (χ2n) is 6.83. The van der Waals surface area contributed by atoms with Crippen LogP contribution in [0.1, 0.15) is 50.2 Å². The zero-order valence-electron chi connectivity index (χ0n) is 15.0. The first-order valence-corrected chi connectivity index (χ1v) is 8.71. The molecule has 2 heterocycles. The summed E-state index contributed by atoms with van der Waals surface area (Å²) in [5, 5.41) is 9.18. The van der Waals surface area contributed by atoms with E-state index in [4.69, 9.17) is 15.3 Å². The third-order valence-corrected chi connectivity index (χ3v) is 5.42. The number of hydrogen-bond donors (Lipinski definition) is 1. The van der Waals surface area contributed by atoms with Gasteiger partial charge in [-0.25, -0.2) is 0 Å². The summed E-state index contributed by atoms with van der Waals surface area (Å²) in [5.41, 5.74) is 1.78. The molecule has 0 unspecified atom stereocenters. The number of nitrogens with two attached hydrogens (primary N) is 1. The first-order chi connectivity index (χ1) is 12.0. The molecule has 132 valence electrons. The number of ether oxygens (including phenoxy) is 2. The van der Waals surface area contributed by atoms with Crippen LogP contribution in [0.15, 0.2) is 42.5 Å². The summed E-state index contributed by atoms with van der Waals surface area (Å²) in [7, 11) is 0. The molecule has 5 nitrogen and oxygen atoms in total. The molecule has 1 aliphatic heterocycles. The summed E-state index contributed by atoms with van der Waals surface area (Å²) in [5.74, 6) is 6.31. The average Bonchev–Trinajstić information content (AvgIpc) is 3.12. The summed E-state index contributed by atoms with van der Waals surface area (Å²) in [6.07, 6.45) is 0.674. The summed E-state index contributed by atoms with van der Waals surface area (Å²) in [6.45, 7) is 6.87. The number of hydrogen-bond acceptors (Lipinski definition) is 4. The van der Waals surface area contributed by atoms with Crippen molar-refractivity contribution in [3.63, 3.8) is 0 Å². The topological polar surface area (TPSA) is 73.2 Å². The van der Waals surface area contributed by atoms with E-state index in [-0.39, 0.29) is 18.1 Å². The minimum Gasteiger partial charge on any atom is -0.367 e. The number of aromatic nitrogens is 1. The van der Waals surface area contributed by atoms with Crippen molar-refractivity contribution in [2.75, 3.05) is 5.84 Å². The minimum absolute atomic E-state index is 0.0891. The Kier molecular flexibility index (Phi) is 4.85. The number of rotatable bonds is 5. The molecule has 1 fully saturated rings. The van der Waals surface area contributed by atoms with Gasteiger partial charge in [-0.2, -0.15) is 5.26 Å². The van der Waals surface area contributed by atoms with Crippen LogP contribution >= 0.6 is 0 Å². The van der Waals surface area contributed by atoms with E-state index in [0.29, 0.717) is 12.3 Å². The number of benzene rings is 1. The van der Waals surface area contributed by atoms with Gasteiger partial charge in [-0.1, -0.05) is 44.2 Å². The molecular weight excluding hydrogens is 314 g/mol. The van der Waals surface area contributed by atoms with Crippen LogP contribution in [-0.4, -0.2) is 16.4 Å². The zero-order chi connectivity index (χ0) is 18.0. The van der Waals surface area contributed by atoms with E-state index in [9.17, 15) is 5.26 Å². The molecule has 1 saturated heterocycles. The molecule has 5 heteroatoms. The Morgan fingerprint density at radius 1 is 1.28 bits per heavy atom. The summed E-state index contributed by atoms with van der Waals surface area (Å²) < 4.78 is 14.1. The minimum atomic E-state index is -0.529. The van der Waals surface area contributed by atoms with Crippen molar-refractivity contribution >= 4 is 0 Å². The number of nitrogens with zero attached hydrogens (tertiary/aromatic N) is 2. The highest BCUT2D eigenvalue weighted by Gasteiger charge is 2.53. The van der Waals surface area contributed by atoms with Gasteiger partial charge in [-0.05, 0) is 31.0 Å². The third-order valence-electron chi connectivity index (χ3n) is 5.42. The molecule has 25 heavy (non-hydrogen) atoms. The van der Waals surface area contributed by atoms with Gasteiger partial charge in [0.15, 0.2) is 0 Å². The molecule has 1 aliphatic rings. The van der Waals surface area contributed by atoms with Crippen molar-refractivity contribution < 1.29 is 9.47 Å². The van der Waals surface area contributed by atoms with Crippen molar-refractivity contribution in [3.8, 4) is 6.07 Å². The Balaban J connectivity index is 1.91. The van der Waals surface area contributed by atoms with Crippen LogP contribution in [0.5, 0.6) is 0 Å². The van der Waals surface area contributed by atoms with Gasteiger partial charge in [0.05, 0.1) is 18.4 Å². The van der Waals surface area contributed by atoms with Crippen LogP contribution < -0.4 is 5.84 Å². The van der Waals surface area contributed by atoms with E-state index in [0.717, 1.165) is 17.7 Å². The van der Waals surface area contributed by atoms with E-state index in [1.54, 1.807) is 6.07 Å². The van der Waals surface area contributed by atoms with Crippen molar-refractivity contribution in [2.24, 2.45) is 5.92 Å². The Morgan fingerprint density at radius 2 is 2.00 bits per heavy atom. The van der Waals surface area contributed by atoms with Gasteiger partial charge in [0.2, 0.25) is 0 Å². The first-order valence-electron chi connectivity index (χ1n) is 8.71. The molecular formula is C20H25N3O2. The molecule has 1 aromatic carbocycles. The number of nitrogen functional groups attached to an aromatic ring is 1. The van der Waals surface area contributed by atoms with Gasteiger partial charge in [-0.3, -0.25) is 4.68 Å². The number of nitriles is 1. The van der Waals surface area contributed by atoms with E-state index in [1.165, 1.54) is 4.68 Å². The van der Waals surface area contributed by atoms with Crippen molar-refractivity contribution in [1.82, 2.24) is 4.68 Å². The predicted molar refractivity (Wildman–Crippen MR) is 96.0 cm³/mol. The second kappa shape index (κ2) is 6.91. The molecule has 4 atom stereocenters. The fourth-order valence-corrected chi connectivity index (χ4v) is 3.64. The zero-order valence-corrected chi connectivity index (χ0v) is 15.0. The van der Waals surface area contributed by atoms with Crippen LogP contribution in [0.4, 0.5) is 0 Å². The predicted octanol–water partition coefficient (Wildman–Crippen LogP) is 3.54. The summed E-state index contributed by atoms with van der Waals surface area (Å²) in [4.78, 5) is 0. The summed E-state index contributed by atoms with van der Waals surface area (Å²) >= 11 is 0. The Labute approximate surface area is 148 Å². The first kappa shape index (κ1) is 17.5. The van der Waals surface area contributed by atoms with Crippen LogP contribution in [0.3, 0.4) is 0 Å². The van der Waals surface area contributed by atoms with Crippen molar-refractivity contribution in [2.45, 2.75) is 51.6 Å². The highest BCUT2D eigenvalue weighted by atomic mass is 16.6. The van der Waals surface area contributed by atoms with Gasteiger partial charge in [0.1, 0.15) is 23.5 Å². The normalized spacial score (nSPS) is 28.8. The summed E-state index contributed by atoms with van der Waals surface area (Å²) in [6, 6.07) is 15.8. The van der Waals surface area contributed by atoms with Crippen LogP contribution in [0, 0.1) is 17.2 Å². The molecule has 2 aromatic rings. The standard InChI is InChI=1S/C20H25N3O2/c1-4-18-14(2)20(3,24-13-15-8-6-5-7-9-15)19(25-18)17-11-10-16(12-21)23(17)22/h5-11,14,18-19H,4,13,22H2,1-3H3/t14-,18-,19+,20-/m1/s1. The van der Waals surface area contributed by atoms with Crippen LogP contribution in [-0.2, 0) is 16.1 Å². The Hall–Kier alpha value is -2.29. The van der Waals surface area contributed by atoms with E-state index < -0.39 is 5.60 Å². The maximum Gasteiger partial charge on any atom is 0.139 e. The fraction of sp³-hybridized carbons (Fsp3) is 0.450. The lowest BCUT2D eigenvalue weighted by atomic mass is 9.83. The lowest BCUT2D eigenvalue weighted by Crippen LogP contribution is -2.40. The van der Waals surface area contributed by atoms with Crippen LogP contribution in [0.2, 0.25) is 0 Å². The molecule has 0 spiro atoms. The Morgan fingerprint density at radius 3 is 2.60 bits per heavy atom. The lowest BCUT2D eigenvalue weighted by Gasteiger charge is -2.34. The maximum atomic E-state index is 9.18. The van der Waals surface area contributed by atoms with E-state index in [1.807, 2.05) is 24.3 Å². The molecule has 0 saturated carbocycles. The van der Waals surface area contributed by atoms with Gasteiger partial charge in [0, 0.05) is 5.92 Å². The average molecular weight is 339 g/mol. The Bertz CT molecular complexity index is 765. The highest BCUT2D eigenvalue weighted by Crippen LogP contribution is 2.48. The van der Waals surface area contributed by atoms with Gasteiger partial charge < -0.3 is 15.3 Å². The van der Waals surface area contributed by atoms with Crippen molar-refractivity contribution in [3.05, 3.63) is 59.4 Å². The third kappa shape index (κ3) is 3.04. The van der Waals surface area contributed by atoms with Gasteiger partial charge in [0.25, 0.3) is 0 Å². The molecule has 2 N–H and O–H groups in total. The van der Waals surface area contributed by atoms with Crippen molar-refractivity contribution in [1.29, 1.82) is 5.26 Å². The van der Waals surface area contributed by atoms with Gasteiger partial charge >= 0.3 is 0 Å². The molecule has 3 rings (SSSR count). The lowest BCUT2D eigenvalue weighted by molar-refractivity contribution is -0.107. The quantitative estimate of drug-likeness (QED) is 0.846. The van der Waals surface area contributed by atoms with Gasteiger partial charge in [-0.15, -0.1) is 0 Å². The molecule has 0 radical (unpaired) electrons. The van der Waals surface area contributed by atoms with Crippen LogP contribution in [0.25, 0.3) is 0 Å². The highest BCUT2D eigenvalue weighted by molar-refractivity contribution is 5.30. The monoisotopic (exact) mass is 339 g/mol. The maximum absolute atomic E-state index is 9.18. The molecule has 0 bridgehead atoms. The molecule has 0 amide bonds.